The number of hydrogen-bond acceptors (Lipinski definition) is 6. The van der Waals surface area contributed by atoms with E-state index in [-0.39, 0.29) is 11.6 Å². The Bertz CT molecular complexity index is 996. The molecule has 1 amide bonds. The van der Waals surface area contributed by atoms with Crippen LogP contribution in [0.5, 0.6) is 5.75 Å². The normalized spacial score (nSPS) is 13.6. The first-order valence-corrected chi connectivity index (χ1v) is 11.2. The van der Waals surface area contributed by atoms with Gasteiger partial charge in [0.05, 0.1) is 16.6 Å². The quantitative estimate of drug-likeness (QED) is 0.276. The number of carbonyl (C=O) groups is 1. The molecule has 2 aromatic rings. The zero-order valence-electron chi connectivity index (χ0n) is 17.8. The number of thiocarbonyl (C=S) groups is 1. The topological polar surface area (TPSA) is 88.0 Å². The van der Waals surface area contributed by atoms with Crippen LogP contribution in [0.2, 0.25) is 5.02 Å². The Morgan fingerprint density at radius 1 is 1.22 bits per heavy atom. The summed E-state index contributed by atoms with van der Waals surface area (Å²) in [5.41, 5.74) is 0.850. The molecule has 32 heavy (non-hydrogen) atoms. The SMILES string of the molecule is CCCCOc1cccc(C(=O)NC(=S)N2CCN(c3c(Cl)cccc3[N+](=O)[O-])CC2)c1. The average Bonchev–Trinajstić information content (AvgIpc) is 2.79. The number of piperazine rings is 1. The van der Waals surface area contributed by atoms with Gasteiger partial charge in [0.25, 0.3) is 11.6 Å². The van der Waals surface area contributed by atoms with Gasteiger partial charge in [-0.1, -0.05) is 37.1 Å². The second-order valence-corrected chi connectivity index (χ2v) is 8.12. The lowest BCUT2D eigenvalue weighted by atomic mass is 10.2. The number of nitro groups is 1. The van der Waals surface area contributed by atoms with Crippen molar-refractivity contribution in [3.05, 3.63) is 63.2 Å². The van der Waals surface area contributed by atoms with E-state index < -0.39 is 4.92 Å². The van der Waals surface area contributed by atoms with Gasteiger partial charge in [0.2, 0.25) is 0 Å². The minimum Gasteiger partial charge on any atom is -0.494 e. The van der Waals surface area contributed by atoms with E-state index in [1.165, 1.54) is 6.07 Å². The smallest absolute Gasteiger partial charge is 0.294 e. The van der Waals surface area contributed by atoms with E-state index in [1.54, 1.807) is 30.3 Å². The van der Waals surface area contributed by atoms with Gasteiger partial charge in [-0.05, 0) is 42.9 Å². The lowest BCUT2D eigenvalue weighted by Crippen LogP contribution is -2.52. The zero-order valence-corrected chi connectivity index (χ0v) is 19.3. The number of carbonyl (C=O) groups excluding carboxylic acids is 1. The van der Waals surface area contributed by atoms with Crippen LogP contribution >= 0.6 is 23.8 Å². The van der Waals surface area contributed by atoms with Gasteiger partial charge < -0.3 is 14.5 Å². The van der Waals surface area contributed by atoms with Crippen molar-refractivity contribution in [3.63, 3.8) is 0 Å². The third-order valence-corrected chi connectivity index (χ3v) is 5.79. The van der Waals surface area contributed by atoms with Crippen molar-refractivity contribution in [2.75, 3.05) is 37.7 Å². The third kappa shape index (κ3) is 5.86. The molecule has 8 nitrogen and oxygen atoms in total. The highest BCUT2D eigenvalue weighted by Gasteiger charge is 2.27. The summed E-state index contributed by atoms with van der Waals surface area (Å²) in [6.45, 7) is 4.67. The average molecular weight is 477 g/mol. The molecule has 0 bridgehead atoms. The summed E-state index contributed by atoms with van der Waals surface area (Å²) in [5.74, 6) is 0.340. The van der Waals surface area contributed by atoms with Crippen molar-refractivity contribution in [1.82, 2.24) is 10.2 Å². The molecule has 0 aliphatic carbocycles. The Hall–Kier alpha value is -2.91. The van der Waals surface area contributed by atoms with E-state index in [9.17, 15) is 14.9 Å². The van der Waals surface area contributed by atoms with Crippen LogP contribution in [0.4, 0.5) is 11.4 Å². The Morgan fingerprint density at radius 2 is 1.94 bits per heavy atom. The van der Waals surface area contributed by atoms with Gasteiger partial charge in [0.15, 0.2) is 5.11 Å². The van der Waals surface area contributed by atoms with E-state index in [1.807, 2.05) is 15.9 Å². The summed E-state index contributed by atoms with van der Waals surface area (Å²) >= 11 is 11.7. The number of hydrogen-bond donors (Lipinski definition) is 1. The molecule has 10 heteroatoms. The summed E-state index contributed by atoms with van der Waals surface area (Å²) in [6, 6.07) is 11.6. The maximum absolute atomic E-state index is 12.6. The highest BCUT2D eigenvalue weighted by atomic mass is 35.5. The van der Waals surface area contributed by atoms with Gasteiger partial charge in [0, 0.05) is 37.8 Å². The van der Waals surface area contributed by atoms with Gasteiger partial charge in [-0.15, -0.1) is 0 Å². The van der Waals surface area contributed by atoms with Crippen LogP contribution in [0, 0.1) is 10.1 Å². The summed E-state index contributed by atoms with van der Waals surface area (Å²) in [7, 11) is 0. The first kappa shape index (κ1) is 23.7. The van der Waals surface area contributed by atoms with E-state index in [4.69, 9.17) is 28.6 Å². The molecule has 1 N–H and O–H groups in total. The lowest BCUT2D eigenvalue weighted by Gasteiger charge is -2.37. The van der Waals surface area contributed by atoms with Crippen LogP contribution in [0.1, 0.15) is 30.1 Å². The Morgan fingerprint density at radius 3 is 2.62 bits per heavy atom. The van der Waals surface area contributed by atoms with Crippen LogP contribution in [0.15, 0.2) is 42.5 Å². The number of unbranched alkanes of at least 4 members (excludes halogenated alkanes) is 1. The largest absolute Gasteiger partial charge is 0.494 e. The first-order chi connectivity index (χ1) is 15.4. The van der Waals surface area contributed by atoms with E-state index >= 15 is 0 Å². The zero-order chi connectivity index (χ0) is 23.1. The van der Waals surface area contributed by atoms with Crippen molar-refractivity contribution in [2.24, 2.45) is 0 Å². The predicted octanol–water partition coefficient (Wildman–Crippen LogP) is 4.26. The molecule has 1 heterocycles. The summed E-state index contributed by atoms with van der Waals surface area (Å²) in [5, 5.41) is 14.8. The highest BCUT2D eigenvalue weighted by Crippen LogP contribution is 2.35. The molecule has 0 saturated carbocycles. The molecule has 1 saturated heterocycles. The maximum atomic E-state index is 12.6. The second kappa shape index (κ2) is 11.1. The molecule has 0 unspecified atom stereocenters. The number of nitrogens with zero attached hydrogens (tertiary/aromatic N) is 3. The molecule has 3 rings (SSSR count). The Balaban J connectivity index is 1.58. The summed E-state index contributed by atoms with van der Waals surface area (Å²) in [6.07, 6.45) is 1.98. The summed E-state index contributed by atoms with van der Waals surface area (Å²) < 4.78 is 5.66. The maximum Gasteiger partial charge on any atom is 0.294 e. The standard InChI is InChI=1S/C22H25ClN4O4S/c1-2-3-14-31-17-7-4-6-16(15-17)21(28)24-22(32)26-12-10-25(11-13-26)20-18(23)8-5-9-19(20)27(29)30/h4-9,15H,2-3,10-14H2,1H3,(H,24,28,32). The van der Waals surface area contributed by atoms with Gasteiger partial charge in [0.1, 0.15) is 11.4 Å². The monoisotopic (exact) mass is 476 g/mol. The van der Waals surface area contributed by atoms with Crippen molar-refractivity contribution in [3.8, 4) is 5.75 Å². The molecule has 2 aromatic carbocycles. The van der Waals surface area contributed by atoms with E-state index in [0.717, 1.165) is 12.8 Å². The minimum absolute atomic E-state index is 0.0251. The lowest BCUT2D eigenvalue weighted by molar-refractivity contribution is -0.384. The van der Waals surface area contributed by atoms with Crippen LogP contribution in [0.25, 0.3) is 0 Å². The van der Waals surface area contributed by atoms with Crippen molar-refractivity contribution in [2.45, 2.75) is 19.8 Å². The molecule has 0 spiro atoms. The molecular weight excluding hydrogens is 452 g/mol. The van der Waals surface area contributed by atoms with Gasteiger partial charge in [-0.3, -0.25) is 20.2 Å². The molecule has 170 valence electrons. The van der Waals surface area contributed by atoms with Crippen molar-refractivity contribution in [1.29, 1.82) is 0 Å². The number of nitro benzene ring substituents is 1. The van der Waals surface area contributed by atoms with Gasteiger partial charge in [-0.25, -0.2) is 0 Å². The number of rotatable bonds is 7. The third-order valence-electron chi connectivity index (χ3n) is 5.13. The Kier molecular flexibility index (Phi) is 8.24. The minimum atomic E-state index is -0.432. The fourth-order valence-electron chi connectivity index (χ4n) is 3.41. The molecule has 0 aromatic heterocycles. The number of halogens is 1. The van der Waals surface area contributed by atoms with Gasteiger partial charge in [-0.2, -0.15) is 0 Å². The van der Waals surface area contributed by atoms with Crippen LogP contribution in [-0.4, -0.2) is 53.6 Å². The fraction of sp³-hybridized carbons (Fsp3) is 0.364. The number of para-hydroxylation sites is 1. The van der Waals surface area contributed by atoms with Crippen molar-refractivity contribution < 1.29 is 14.5 Å². The van der Waals surface area contributed by atoms with Gasteiger partial charge >= 0.3 is 0 Å². The number of anilines is 1. The first-order valence-electron chi connectivity index (χ1n) is 10.4. The molecule has 0 radical (unpaired) electrons. The van der Waals surface area contributed by atoms with E-state index in [0.29, 0.717) is 59.9 Å². The molecular formula is C22H25ClN4O4S. The molecule has 1 aliphatic heterocycles. The van der Waals surface area contributed by atoms with E-state index in [2.05, 4.69) is 12.2 Å². The molecule has 0 atom stereocenters. The van der Waals surface area contributed by atoms with Crippen molar-refractivity contribution >= 4 is 46.2 Å². The predicted molar refractivity (Wildman–Crippen MR) is 129 cm³/mol. The molecule has 1 fully saturated rings. The second-order valence-electron chi connectivity index (χ2n) is 7.33. The van der Waals surface area contributed by atoms with Crippen LogP contribution in [-0.2, 0) is 0 Å². The van der Waals surface area contributed by atoms with Crippen LogP contribution < -0.4 is 15.0 Å². The Labute approximate surface area is 197 Å². The molecule has 1 aliphatic rings. The number of amides is 1. The number of nitrogens with one attached hydrogen (secondary N) is 1. The number of benzene rings is 2. The highest BCUT2D eigenvalue weighted by molar-refractivity contribution is 7.80. The number of ether oxygens (including phenoxy) is 1. The fourth-order valence-corrected chi connectivity index (χ4v) is 3.97. The summed E-state index contributed by atoms with van der Waals surface area (Å²) in [4.78, 5) is 27.3. The van der Waals surface area contributed by atoms with Crippen LogP contribution in [0.3, 0.4) is 0 Å².